The number of hydrogen-bond acceptors (Lipinski definition) is 1. The molecule has 0 heterocycles. The summed E-state index contributed by atoms with van der Waals surface area (Å²) in [6, 6.07) is 10.3. The van der Waals surface area contributed by atoms with Gasteiger partial charge in [0.05, 0.1) is 6.10 Å². The molecule has 0 aromatic heterocycles. The Hall–Kier alpha value is -1.08. The third kappa shape index (κ3) is 2.84. The van der Waals surface area contributed by atoms with E-state index in [9.17, 15) is 5.11 Å². The standard InChI is InChI=1S/C17H24O/c1-17(2,15-12-8-5-9-13-15)16(18)14-10-6-3-4-7-11-14/h5,8-10,12-13,16,18H,3-4,6-7,11H2,1-2H3. The second-order valence-electron chi connectivity index (χ2n) is 5.87. The third-order valence-corrected chi connectivity index (χ3v) is 4.13. The zero-order valence-electron chi connectivity index (χ0n) is 11.5. The average Bonchev–Trinajstić information content (AvgIpc) is 2.67. The Balaban J connectivity index is 2.21. The van der Waals surface area contributed by atoms with Gasteiger partial charge in [0.15, 0.2) is 0 Å². The van der Waals surface area contributed by atoms with E-state index in [2.05, 4.69) is 32.1 Å². The maximum atomic E-state index is 10.7. The lowest BCUT2D eigenvalue weighted by molar-refractivity contribution is 0.129. The van der Waals surface area contributed by atoms with Crippen molar-refractivity contribution in [1.82, 2.24) is 0 Å². The molecule has 1 heteroatoms. The van der Waals surface area contributed by atoms with Crippen molar-refractivity contribution in [2.45, 2.75) is 57.5 Å². The average molecular weight is 244 g/mol. The molecule has 98 valence electrons. The predicted octanol–water partition coefficient (Wildman–Crippen LogP) is 4.22. The Kier molecular flexibility index (Phi) is 4.23. The van der Waals surface area contributed by atoms with E-state index in [4.69, 9.17) is 0 Å². The van der Waals surface area contributed by atoms with Crippen molar-refractivity contribution in [3.05, 3.63) is 47.5 Å². The number of hydrogen-bond donors (Lipinski definition) is 1. The van der Waals surface area contributed by atoms with Gasteiger partial charge in [-0.3, -0.25) is 0 Å². The van der Waals surface area contributed by atoms with Gasteiger partial charge < -0.3 is 5.11 Å². The summed E-state index contributed by atoms with van der Waals surface area (Å²) < 4.78 is 0. The molecule has 18 heavy (non-hydrogen) atoms. The van der Waals surface area contributed by atoms with Crippen molar-refractivity contribution in [2.75, 3.05) is 0 Å². The fraction of sp³-hybridized carbons (Fsp3) is 0.529. The molecule has 1 atom stereocenters. The summed E-state index contributed by atoms with van der Waals surface area (Å²) in [7, 11) is 0. The highest BCUT2D eigenvalue weighted by Crippen LogP contribution is 2.33. The van der Waals surface area contributed by atoms with Gasteiger partial charge in [0.25, 0.3) is 0 Å². The van der Waals surface area contributed by atoms with Crippen LogP contribution >= 0.6 is 0 Å². The van der Waals surface area contributed by atoms with Crippen LogP contribution in [0.25, 0.3) is 0 Å². The van der Waals surface area contributed by atoms with Crippen molar-refractivity contribution in [1.29, 1.82) is 0 Å². The molecular weight excluding hydrogens is 220 g/mol. The molecule has 1 N–H and O–H groups in total. The first-order valence-corrected chi connectivity index (χ1v) is 7.05. The van der Waals surface area contributed by atoms with E-state index >= 15 is 0 Å². The molecule has 1 aromatic carbocycles. The first-order valence-electron chi connectivity index (χ1n) is 7.05. The van der Waals surface area contributed by atoms with Crippen LogP contribution in [0.2, 0.25) is 0 Å². The van der Waals surface area contributed by atoms with Gasteiger partial charge in [-0.1, -0.05) is 56.7 Å². The largest absolute Gasteiger partial charge is 0.388 e. The van der Waals surface area contributed by atoms with Crippen LogP contribution in [0.4, 0.5) is 0 Å². The summed E-state index contributed by atoms with van der Waals surface area (Å²) in [5, 5.41) is 10.7. The highest BCUT2D eigenvalue weighted by Gasteiger charge is 2.32. The highest BCUT2D eigenvalue weighted by atomic mass is 16.3. The van der Waals surface area contributed by atoms with E-state index in [0.717, 1.165) is 12.8 Å². The Labute approximate surface area is 111 Å². The van der Waals surface area contributed by atoms with Gasteiger partial charge in [-0.05, 0) is 36.8 Å². The summed E-state index contributed by atoms with van der Waals surface area (Å²) in [5.41, 5.74) is 2.24. The van der Waals surface area contributed by atoms with Crippen LogP contribution in [-0.2, 0) is 5.41 Å². The first-order chi connectivity index (χ1) is 8.62. The first kappa shape index (κ1) is 13.4. The summed E-state index contributed by atoms with van der Waals surface area (Å²) in [5.74, 6) is 0. The Morgan fingerprint density at radius 3 is 2.50 bits per heavy atom. The van der Waals surface area contributed by atoms with Crippen molar-refractivity contribution in [2.24, 2.45) is 0 Å². The Morgan fingerprint density at radius 2 is 1.78 bits per heavy atom. The minimum absolute atomic E-state index is 0.211. The minimum atomic E-state index is -0.363. The topological polar surface area (TPSA) is 20.2 Å². The van der Waals surface area contributed by atoms with E-state index in [0.29, 0.717) is 0 Å². The lowest BCUT2D eigenvalue weighted by Crippen LogP contribution is -2.35. The number of allylic oxidation sites excluding steroid dienone is 1. The molecule has 0 aliphatic heterocycles. The van der Waals surface area contributed by atoms with Gasteiger partial charge in [-0.25, -0.2) is 0 Å². The monoisotopic (exact) mass is 244 g/mol. The van der Waals surface area contributed by atoms with Crippen molar-refractivity contribution >= 4 is 0 Å². The summed E-state index contributed by atoms with van der Waals surface area (Å²) >= 11 is 0. The van der Waals surface area contributed by atoms with Gasteiger partial charge in [0.2, 0.25) is 0 Å². The summed E-state index contributed by atoms with van der Waals surface area (Å²) in [6.07, 6.45) is 7.85. The Morgan fingerprint density at radius 1 is 1.06 bits per heavy atom. The molecule has 2 rings (SSSR count). The van der Waals surface area contributed by atoms with Crippen LogP contribution in [-0.4, -0.2) is 11.2 Å². The lowest BCUT2D eigenvalue weighted by Gasteiger charge is -2.33. The van der Waals surface area contributed by atoms with Gasteiger partial charge in [0.1, 0.15) is 0 Å². The van der Waals surface area contributed by atoms with E-state index in [-0.39, 0.29) is 11.5 Å². The quantitative estimate of drug-likeness (QED) is 0.789. The predicted molar refractivity (Wildman–Crippen MR) is 76.6 cm³/mol. The van der Waals surface area contributed by atoms with E-state index < -0.39 is 0 Å². The number of benzene rings is 1. The van der Waals surface area contributed by atoms with E-state index in [1.807, 2.05) is 18.2 Å². The molecule has 0 radical (unpaired) electrons. The molecule has 1 unspecified atom stereocenters. The summed E-state index contributed by atoms with van der Waals surface area (Å²) in [6.45, 7) is 4.28. The van der Waals surface area contributed by atoms with Gasteiger partial charge >= 0.3 is 0 Å². The molecule has 1 nitrogen and oxygen atoms in total. The van der Waals surface area contributed by atoms with Crippen LogP contribution in [0, 0.1) is 0 Å². The third-order valence-electron chi connectivity index (χ3n) is 4.13. The van der Waals surface area contributed by atoms with Gasteiger partial charge in [-0.2, -0.15) is 0 Å². The molecule has 0 amide bonds. The van der Waals surface area contributed by atoms with Crippen molar-refractivity contribution < 1.29 is 5.11 Å². The fourth-order valence-corrected chi connectivity index (χ4v) is 2.78. The van der Waals surface area contributed by atoms with E-state index in [1.54, 1.807) is 0 Å². The fourth-order valence-electron chi connectivity index (χ4n) is 2.78. The molecule has 1 aromatic rings. The lowest BCUT2D eigenvalue weighted by atomic mass is 9.75. The maximum absolute atomic E-state index is 10.7. The number of rotatable bonds is 3. The molecule has 0 bridgehead atoms. The van der Waals surface area contributed by atoms with Crippen LogP contribution in [0.5, 0.6) is 0 Å². The van der Waals surface area contributed by atoms with Crippen molar-refractivity contribution in [3.8, 4) is 0 Å². The Bertz CT molecular complexity index is 403. The number of aliphatic hydroxyl groups is 1. The van der Waals surface area contributed by atoms with Gasteiger partial charge in [0, 0.05) is 5.41 Å². The normalized spacial score (nSPS) is 18.9. The maximum Gasteiger partial charge on any atom is 0.0841 e. The van der Waals surface area contributed by atoms with Crippen LogP contribution in [0.1, 0.15) is 51.5 Å². The van der Waals surface area contributed by atoms with E-state index in [1.165, 1.54) is 30.4 Å². The molecule has 0 saturated carbocycles. The molecule has 1 aliphatic carbocycles. The van der Waals surface area contributed by atoms with Crippen molar-refractivity contribution in [3.63, 3.8) is 0 Å². The molecule has 1 aliphatic rings. The zero-order chi connectivity index (χ0) is 13.0. The van der Waals surface area contributed by atoms with Crippen LogP contribution in [0.3, 0.4) is 0 Å². The molecule has 0 fully saturated rings. The zero-order valence-corrected chi connectivity index (χ0v) is 11.5. The second-order valence-corrected chi connectivity index (χ2v) is 5.87. The molecular formula is C17H24O. The number of aliphatic hydroxyl groups excluding tert-OH is 1. The summed E-state index contributed by atoms with van der Waals surface area (Å²) in [4.78, 5) is 0. The smallest absolute Gasteiger partial charge is 0.0841 e. The van der Waals surface area contributed by atoms with Gasteiger partial charge in [-0.15, -0.1) is 0 Å². The molecule has 0 saturated heterocycles. The second kappa shape index (κ2) is 5.71. The minimum Gasteiger partial charge on any atom is -0.388 e. The van der Waals surface area contributed by atoms with Crippen LogP contribution in [0.15, 0.2) is 42.0 Å². The SMILES string of the molecule is CC(C)(c1ccccc1)C(O)C1=CCCCCC1. The molecule has 0 spiro atoms. The van der Waals surface area contributed by atoms with Crippen LogP contribution < -0.4 is 0 Å². The highest BCUT2D eigenvalue weighted by molar-refractivity contribution is 5.29.